The van der Waals surface area contributed by atoms with Gasteiger partial charge in [0, 0.05) is 44.0 Å². The van der Waals surface area contributed by atoms with Gasteiger partial charge < -0.3 is 14.2 Å². The third-order valence-corrected chi connectivity index (χ3v) is 5.11. The van der Waals surface area contributed by atoms with E-state index in [1.54, 1.807) is 19.2 Å². The molecule has 0 amide bonds. The molecule has 0 radical (unpaired) electrons. The van der Waals surface area contributed by atoms with Crippen molar-refractivity contribution in [2.24, 2.45) is 5.92 Å². The number of nitrogens with zero attached hydrogens (tertiary/aromatic N) is 3. The summed E-state index contributed by atoms with van der Waals surface area (Å²) in [5.74, 6) is 1.85. The Morgan fingerprint density at radius 3 is 2.81 bits per heavy atom. The predicted octanol–water partition coefficient (Wildman–Crippen LogP) is 3.67. The third-order valence-electron chi connectivity index (χ3n) is 5.11. The summed E-state index contributed by atoms with van der Waals surface area (Å²) in [6.45, 7) is 5.52. The van der Waals surface area contributed by atoms with Crippen molar-refractivity contribution in [3.63, 3.8) is 0 Å². The number of methoxy groups -OCH3 is 1. The van der Waals surface area contributed by atoms with Gasteiger partial charge in [-0.05, 0) is 43.7 Å². The predicted molar refractivity (Wildman–Crippen MR) is 97.9 cm³/mol. The molecule has 2 aromatic heterocycles. The molecule has 1 saturated heterocycles. The van der Waals surface area contributed by atoms with E-state index in [1.807, 2.05) is 26.0 Å². The standard InChI is InChI=1S/C20H22FN3O2/c1-12-6-20(22-18-5-4-15(21)9-17(12)18)24-10-14(19(11-24)25-3)8-16-7-13(2)23-26-16/h4-7,9,14,19H,8,10-11H2,1-3H3/t14-,19+/m1/s1. The van der Waals surface area contributed by atoms with Crippen molar-refractivity contribution in [1.82, 2.24) is 10.1 Å². The van der Waals surface area contributed by atoms with Crippen molar-refractivity contribution in [3.8, 4) is 0 Å². The van der Waals surface area contributed by atoms with Crippen molar-refractivity contribution in [3.05, 3.63) is 53.2 Å². The summed E-state index contributed by atoms with van der Waals surface area (Å²) >= 11 is 0. The summed E-state index contributed by atoms with van der Waals surface area (Å²) in [4.78, 5) is 6.98. The van der Waals surface area contributed by atoms with Crippen LogP contribution < -0.4 is 4.90 Å². The molecule has 0 aliphatic carbocycles. The van der Waals surface area contributed by atoms with Crippen molar-refractivity contribution in [2.45, 2.75) is 26.4 Å². The van der Waals surface area contributed by atoms with Crippen molar-refractivity contribution >= 4 is 16.7 Å². The monoisotopic (exact) mass is 355 g/mol. The van der Waals surface area contributed by atoms with Crippen LogP contribution in [0.1, 0.15) is 17.0 Å². The fraction of sp³-hybridized carbons (Fsp3) is 0.400. The van der Waals surface area contributed by atoms with Gasteiger partial charge in [0.15, 0.2) is 0 Å². The Morgan fingerprint density at radius 2 is 2.08 bits per heavy atom. The number of halogens is 1. The fourth-order valence-corrected chi connectivity index (χ4v) is 3.77. The molecular weight excluding hydrogens is 333 g/mol. The first-order chi connectivity index (χ1) is 12.5. The van der Waals surface area contributed by atoms with Crippen molar-refractivity contribution in [1.29, 1.82) is 0 Å². The van der Waals surface area contributed by atoms with Crippen LogP contribution in [0.4, 0.5) is 10.2 Å². The maximum Gasteiger partial charge on any atom is 0.137 e. The summed E-state index contributed by atoms with van der Waals surface area (Å²) in [5, 5.41) is 4.82. The number of fused-ring (bicyclic) bond motifs is 1. The van der Waals surface area contributed by atoms with Gasteiger partial charge in [0.1, 0.15) is 17.4 Å². The number of hydrogen-bond donors (Lipinski definition) is 0. The first-order valence-corrected chi connectivity index (χ1v) is 8.80. The average Bonchev–Trinajstić information content (AvgIpc) is 3.21. The number of anilines is 1. The molecule has 1 aliphatic rings. The van der Waals surface area contributed by atoms with Crippen LogP contribution in [0.15, 0.2) is 34.9 Å². The highest BCUT2D eigenvalue weighted by molar-refractivity contribution is 5.84. The number of aromatic nitrogens is 2. The van der Waals surface area contributed by atoms with E-state index in [4.69, 9.17) is 14.2 Å². The largest absolute Gasteiger partial charge is 0.379 e. The minimum Gasteiger partial charge on any atom is -0.379 e. The second-order valence-electron chi connectivity index (χ2n) is 7.04. The summed E-state index contributed by atoms with van der Waals surface area (Å²) < 4.78 is 24.6. The molecule has 3 aromatic rings. The van der Waals surface area contributed by atoms with Crippen molar-refractivity contribution in [2.75, 3.05) is 25.1 Å². The van der Waals surface area contributed by atoms with E-state index in [2.05, 4.69) is 10.1 Å². The minimum atomic E-state index is -0.238. The number of hydrogen-bond acceptors (Lipinski definition) is 5. The molecule has 0 unspecified atom stereocenters. The molecular formula is C20H22FN3O2. The molecule has 0 spiro atoms. The molecule has 26 heavy (non-hydrogen) atoms. The number of rotatable bonds is 4. The summed E-state index contributed by atoms with van der Waals surface area (Å²) in [7, 11) is 1.74. The highest BCUT2D eigenvalue weighted by atomic mass is 19.1. The first kappa shape index (κ1) is 17.0. The molecule has 0 N–H and O–H groups in total. The van der Waals surface area contributed by atoms with E-state index < -0.39 is 0 Å². The summed E-state index contributed by atoms with van der Waals surface area (Å²) in [6, 6.07) is 8.73. The van der Waals surface area contributed by atoms with Crippen LogP contribution >= 0.6 is 0 Å². The molecule has 0 saturated carbocycles. The lowest BCUT2D eigenvalue weighted by Gasteiger charge is -2.18. The second kappa shape index (κ2) is 6.68. The number of aryl methyl sites for hydroxylation is 2. The number of pyridine rings is 1. The highest BCUT2D eigenvalue weighted by Crippen LogP contribution is 2.30. The van der Waals surface area contributed by atoms with Gasteiger partial charge in [-0.1, -0.05) is 5.16 Å². The molecule has 1 aliphatic heterocycles. The maximum absolute atomic E-state index is 13.5. The summed E-state index contributed by atoms with van der Waals surface area (Å²) in [6.07, 6.45) is 0.889. The van der Waals surface area contributed by atoms with Crippen LogP contribution in [0.25, 0.3) is 10.9 Å². The highest BCUT2D eigenvalue weighted by Gasteiger charge is 2.34. The van der Waals surface area contributed by atoms with Crippen LogP contribution in [0.2, 0.25) is 0 Å². The van der Waals surface area contributed by atoms with E-state index in [0.717, 1.165) is 53.2 Å². The molecule has 0 bridgehead atoms. The van der Waals surface area contributed by atoms with Crippen LogP contribution in [0.3, 0.4) is 0 Å². The van der Waals surface area contributed by atoms with Gasteiger partial charge in [-0.25, -0.2) is 9.37 Å². The van der Waals surface area contributed by atoms with E-state index >= 15 is 0 Å². The van der Waals surface area contributed by atoms with E-state index in [0.29, 0.717) is 5.92 Å². The van der Waals surface area contributed by atoms with Gasteiger partial charge in [-0.15, -0.1) is 0 Å². The molecule has 6 heteroatoms. The zero-order chi connectivity index (χ0) is 18.3. The normalized spacial score (nSPS) is 20.2. The maximum atomic E-state index is 13.5. The van der Waals surface area contributed by atoms with Gasteiger partial charge in [0.05, 0.1) is 17.3 Å². The van der Waals surface area contributed by atoms with Gasteiger partial charge in [0.2, 0.25) is 0 Å². The quantitative estimate of drug-likeness (QED) is 0.715. The van der Waals surface area contributed by atoms with Crippen LogP contribution in [-0.4, -0.2) is 36.4 Å². The molecule has 3 heterocycles. The molecule has 2 atom stereocenters. The molecule has 1 fully saturated rings. The second-order valence-corrected chi connectivity index (χ2v) is 7.04. The number of ether oxygens (including phenoxy) is 1. The first-order valence-electron chi connectivity index (χ1n) is 8.80. The van der Waals surface area contributed by atoms with E-state index in [9.17, 15) is 4.39 Å². The molecule has 136 valence electrons. The average molecular weight is 355 g/mol. The Balaban J connectivity index is 1.60. The van der Waals surface area contributed by atoms with Gasteiger partial charge in [-0.2, -0.15) is 0 Å². The van der Waals surface area contributed by atoms with Crippen LogP contribution in [0, 0.1) is 25.6 Å². The number of benzene rings is 1. The molecule has 4 rings (SSSR count). The van der Waals surface area contributed by atoms with Gasteiger partial charge in [0.25, 0.3) is 0 Å². The topological polar surface area (TPSA) is 51.4 Å². The Morgan fingerprint density at radius 1 is 1.23 bits per heavy atom. The lowest BCUT2D eigenvalue weighted by molar-refractivity contribution is 0.0813. The Hall–Kier alpha value is -2.47. The fourth-order valence-electron chi connectivity index (χ4n) is 3.77. The lowest BCUT2D eigenvalue weighted by Crippen LogP contribution is -2.23. The third kappa shape index (κ3) is 3.17. The Bertz CT molecular complexity index is 940. The Kier molecular flexibility index (Phi) is 4.36. The lowest BCUT2D eigenvalue weighted by atomic mass is 10.0. The zero-order valence-electron chi connectivity index (χ0n) is 15.2. The molecule has 1 aromatic carbocycles. The van der Waals surface area contributed by atoms with Gasteiger partial charge >= 0.3 is 0 Å². The van der Waals surface area contributed by atoms with Gasteiger partial charge in [-0.3, -0.25) is 0 Å². The minimum absolute atomic E-state index is 0.103. The summed E-state index contributed by atoms with van der Waals surface area (Å²) in [5.41, 5.74) is 2.72. The van der Waals surface area contributed by atoms with Crippen LogP contribution in [-0.2, 0) is 11.2 Å². The zero-order valence-corrected chi connectivity index (χ0v) is 15.2. The van der Waals surface area contributed by atoms with E-state index in [-0.39, 0.29) is 11.9 Å². The van der Waals surface area contributed by atoms with E-state index in [1.165, 1.54) is 6.07 Å². The smallest absolute Gasteiger partial charge is 0.137 e. The van der Waals surface area contributed by atoms with Crippen molar-refractivity contribution < 1.29 is 13.7 Å². The molecule has 5 nitrogen and oxygen atoms in total. The Labute approximate surface area is 151 Å². The van der Waals surface area contributed by atoms with Crippen LogP contribution in [0.5, 0.6) is 0 Å². The SMILES string of the molecule is CO[C@H]1CN(c2cc(C)c3cc(F)ccc3n2)C[C@H]1Cc1cc(C)no1.